The van der Waals surface area contributed by atoms with Gasteiger partial charge in [0.1, 0.15) is 5.60 Å². The Morgan fingerprint density at radius 1 is 1.57 bits per heavy atom. The van der Waals surface area contributed by atoms with Crippen molar-refractivity contribution >= 4 is 22.9 Å². The van der Waals surface area contributed by atoms with Crippen LogP contribution >= 0.6 is 0 Å². The molecule has 21 heavy (non-hydrogen) atoms. The van der Waals surface area contributed by atoms with Crippen LogP contribution in [0.4, 0.5) is 11.8 Å². The van der Waals surface area contributed by atoms with Crippen molar-refractivity contribution in [3.05, 3.63) is 6.33 Å². The number of nitrogens with zero attached hydrogens (tertiary/aromatic N) is 4. The van der Waals surface area contributed by atoms with Crippen LogP contribution in [0.5, 0.6) is 0 Å². The van der Waals surface area contributed by atoms with E-state index in [0.29, 0.717) is 23.4 Å². The summed E-state index contributed by atoms with van der Waals surface area (Å²) in [5.74, 6) is 0.609. The van der Waals surface area contributed by atoms with Crippen LogP contribution in [0.3, 0.4) is 0 Å². The molecule has 0 spiro atoms. The zero-order valence-corrected chi connectivity index (χ0v) is 11.8. The van der Waals surface area contributed by atoms with Crippen LogP contribution in [-0.2, 0) is 4.74 Å². The average Bonchev–Trinajstić information content (AvgIpc) is 2.97. The Balaban J connectivity index is 2.11. The molecule has 1 aliphatic heterocycles. The highest BCUT2D eigenvalue weighted by atomic mass is 16.5. The Kier molecular flexibility index (Phi) is 3.19. The van der Waals surface area contributed by atoms with Crippen LogP contribution in [0.25, 0.3) is 11.2 Å². The van der Waals surface area contributed by atoms with Gasteiger partial charge in [-0.25, -0.2) is 4.98 Å². The Bertz CT molecular complexity index is 670. The van der Waals surface area contributed by atoms with E-state index in [1.165, 1.54) is 6.33 Å². The molecule has 9 heteroatoms. The van der Waals surface area contributed by atoms with Crippen molar-refractivity contribution in [3.8, 4) is 0 Å². The number of imidazole rings is 1. The molecule has 0 radical (unpaired) electrons. The average molecular weight is 294 g/mol. The lowest BCUT2D eigenvalue weighted by Crippen LogP contribution is -2.31. The zero-order chi connectivity index (χ0) is 15.2. The van der Waals surface area contributed by atoms with Crippen molar-refractivity contribution in [2.75, 3.05) is 24.7 Å². The topological polar surface area (TPSA) is 131 Å². The summed E-state index contributed by atoms with van der Waals surface area (Å²) in [6, 6.07) is 0. The molecule has 0 amide bonds. The minimum Gasteiger partial charge on any atom is -0.394 e. The van der Waals surface area contributed by atoms with E-state index in [2.05, 4.69) is 20.3 Å². The maximum atomic E-state index is 10.5. The van der Waals surface area contributed by atoms with Crippen LogP contribution in [0.2, 0.25) is 0 Å². The molecule has 2 aromatic heterocycles. The number of nitrogen functional groups attached to an aromatic ring is 1. The van der Waals surface area contributed by atoms with Gasteiger partial charge in [0.2, 0.25) is 5.95 Å². The summed E-state index contributed by atoms with van der Waals surface area (Å²) >= 11 is 0. The van der Waals surface area contributed by atoms with E-state index >= 15 is 0 Å². The van der Waals surface area contributed by atoms with Crippen molar-refractivity contribution in [1.82, 2.24) is 19.5 Å². The largest absolute Gasteiger partial charge is 0.394 e. The van der Waals surface area contributed by atoms with Crippen LogP contribution in [0.15, 0.2) is 6.33 Å². The van der Waals surface area contributed by atoms with Crippen molar-refractivity contribution in [1.29, 1.82) is 0 Å². The van der Waals surface area contributed by atoms with E-state index in [0.717, 1.165) is 0 Å². The van der Waals surface area contributed by atoms with Crippen LogP contribution in [0, 0.1) is 0 Å². The monoisotopic (exact) mass is 294 g/mol. The maximum Gasteiger partial charge on any atom is 0.224 e. The molecule has 0 bridgehead atoms. The quantitative estimate of drug-likeness (QED) is 0.594. The molecular weight excluding hydrogens is 276 g/mol. The van der Waals surface area contributed by atoms with Gasteiger partial charge in [0.05, 0.1) is 19.0 Å². The first-order chi connectivity index (χ1) is 9.96. The van der Waals surface area contributed by atoms with Gasteiger partial charge in [-0.05, 0) is 6.92 Å². The van der Waals surface area contributed by atoms with E-state index in [1.54, 1.807) is 18.5 Å². The summed E-state index contributed by atoms with van der Waals surface area (Å²) in [5.41, 5.74) is 5.57. The number of nitrogens with one attached hydrogen (secondary N) is 1. The van der Waals surface area contributed by atoms with Crippen LogP contribution in [-0.4, -0.2) is 55.1 Å². The van der Waals surface area contributed by atoms with Gasteiger partial charge in [-0.2, -0.15) is 9.97 Å². The molecule has 1 fully saturated rings. The fraction of sp³-hybridized carbons (Fsp3) is 0.583. The van der Waals surface area contributed by atoms with Crippen molar-refractivity contribution in [3.63, 3.8) is 0 Å². The highest BCUT2D eigenvalue weighted by molar-refractivity contribution is 5.84. The second-order valence-corrected chi connectivity index (χ2v) is 5.36. The highest BCUT2D eigenvalue weighted by Crippen LogP contribution is 2.39. The van der Waals surface area contributed by atoms with Crippen molar-refractivity contribution < 1.29 is 14.9 Å². The lowest BCUT2D eigenvalue weighted by molar-refractivity contribution is -0.0854. The summed E-state index contributed by atoms with van der Waals surface area (Å²) in [7, 11) is 1.71. The first-order valence-electron chi connectivity index (χ1n) is 6.62. The van der Waals surface area contributed by atoms with Gasteiger partial charge in [0, 0.05) is 13.5 Å². The Morgan fingerprint density at radius 3 is 2.95 bits per heavy atom. The molecule has 0 aromatic carbocycles. The van der Waals surface area contributed by atoms with Gasteiger partial charge in [-0.1, -0.05) is 0 Å². The van der Waals surface area contributed by atoms with E-state index in [9.17, 15) is 10.2 Å². The molecule has 1 aliphatic rings. The number of hydrogen-bond acceptors (Lipinski definition) is 8. The van der Waals surface area contributed by atoms with E-state index in [1.807, 2.05) is 0 Å². The summed E-state index contributed by atoms with van der Waals surface area (Å²) in [6.07, 6.45) is 0.732. The zero-order valence-electron chi connectivity index (χ0n) is 11.8. The second kappa shape index (κ2) is 4.79. The predicted molar refractivity (Wildman–Crippen MR) is 75.5 cm³/mol. The van der Waals surface area contributed by atoms with Crippen LogP contribution < -0.4 is 11.1 Å². The molecule has 9 nitrogen and oxygen atoms in total. The fourth-order valence-electron chi connectivity index (χ4n) is 2.69. The minimum atomic E-state index is -1.14. The third-order valence-electron chi connectivity index (χ3n) is 3.63. The molecule has 3 heterocycles. The number of hydrogen-bond donors (Lipinski definition) is 4. The van der Waals surface area contributed by atoms with Gasteiger partial charge < -0.3 is 26.0 Å². The standard InChI is InChI=1S/C12H18N6O3/c1-12(20)3-6(4-19)21-10(12)18-5-15-7-8(14-2)16-11(13)17-9(7)18/h5-6,10,19-20H,3-4H2,1-2H3,(H3,13,14,16,17)/t6-,10+,12+/m0/s1. The first kappa shape index (κ1) is 14.0. The van der Waals surface area contributed by atoms with Crippen LogP contribution in [0.1, 0.15) is 19.6 Å². The number of aromatic nitrogens is 4. The van der Waals surface area contributed by atoms with Gasteiger partial charge in [-0.3, -0.25) is 4.57 Å². The highest BCUT2D eigenvalue weighted by Gasteiger charge is 2.45. The molecular formula is C12H18N6O3. The molecule has 0 saturated carbocycles. The minimum absolute atomic E-state index is 0.102. The second-order valence-electron chi connectivity index (χ2n) is 5.36. The molecule has 1 saturated heterocycles. The van der Waals surface area contributed by atoms with E-state index in [-0.39, 0.29) is 12.6 Å². The lowest BCUT2D eigenvalue weighted by Gasteiger charge is -2.24. The molecule has 0 unspecified atom stereocenters. The number of ether oxygens (including phenoxy) is 1. The number of aliphatic hydroxyl groups excluding tert-OH is 1. The summed E-state index contributed by atoms with van der Waals surface area (Å²) in [5, 5.41) is 22.6. The number of aliphatic hydroxyl groups is 2. The Labute approximate surface area is 120 Å². The summed E-state index contributed by atoms with van der Waals surface area (Å²) in [6.45, 7) is 1.50. The van der Waals surface area contributed by atoms with Gasteiger partial charge >= 0.3 is 0 Å². The van der Waals surface area contributed by atoms with E-state index in [4.69, 9.17) is 10.5 Å². The Hall–Kier alpha value is -1.97. The molecule has 5 N–H and O–H groups in total. The molecule has 114 valence electrons. The fourth-order valence-corrected chi connectivity index (χ4v) is 2.69. The van der Waals surface area contributed by atoms with Gasteiger partial charge in [0.15, 0.2) is 23.2 Å². The third-order valence-corrected chi connectivity index (χ3v) is 3.63. The third kappa shape index (κ3) is 2.19. The predicted octanol–water partition coefficient (Wildman–Crippen LogP) is -0.519. The lowest BCUT2D eigenvalue weighted by atomic mass is 10.0. The summed E-state index contributed by atoms with van der Waals surface area (Å²) < 4.78 is 7.31. The van der Waals surface area contributed by atoms with E-state index < -0.39 is 17.9 Å². The SMILES string of the molecule is CNc1nc(N)nc2c1ncn2[C@@H]1O[C@H](CO)C[C@@]1(C)O. The number of fused-ring (bicyclic) bond motifs is 1. The van der Waals surface area contributed by atoms with Crippen molar-refractivity contribution in [2.45, 2.75) is 31.3 Å². The van der Waals surface area contributed by atoms with Gasteiger partial charge in [-0.15, -0.1) is 0 Å². The molecule has 2 aromatic rings. The molecule has 3 rings (SSSR count). The summed E-state index contributed by atoms with van der Waals surface area (Å²) in [4.78, 5) is 12.5. The normalized spacial score (nSPS) is 29.1. The maximum absolute atomic E-state index is 10.5. The number of nitrogens with two attached hydrogens (primary N) is 1. The molecule has 0 aliphatic carbocycles. The number of anilines is 2. The molecule has 3 atom stereocenters. The van der Waals surface area contributed by atoms with Crippen molar-refractivity contribution in [2.24, 2.45) is 0 Å². The van der Waals surface area contributed by atoms with Gasteiger partial charge in [0.25, 0.3) is 0 Å². The smallest absolute Gasteiger partial charge is 0.224 e. The Morgan fingerprint density at radius 2 is 2.33 bits per heavy atom. The first-order valence-corrected chi connectivity index (χ1v) is 6.62. The number of rotatable bonds is 3.